The van der Waals surface area contributed by atoms with Gasteiger partial charge in [0.25, 0.3) is 0 Å². The molecule has 2 aliphatic heterocycles. The van der Waals surface area contributed by atoms with Gasteiger partial charge in [-0.2, -0.15) is 0 Å². The maximum absolute atomic E-state index is 12.9. The minimum Gasteiger partial charge on any atom is -0.493 e. The summed E-state index contributed by atoms with van der Waals surface area (Å²) in [4.78, 5) is 26.6. The third-order valence-corrected chi connectivity index (χ3v) is 6.09. The van der Waals surface area contributed by atoms with Crippen LogP contribution in [-0.4, -0.2) is 60.0 Å². The van der Waals surface area contributed by atoms with E-state index in [4.69, 9.17) is 14.2 Å². The summed E-state index contributed by atoms with van der Waals surface area (Å²) in [6, 6.07) is 3.82. The van der Waals surface area contributed by atoms with Crippen molar-refractivity contribution in [2.24, 2.45) is 0 Å². The Hall–Kier alpha value is -2.74. The fraction of sp³-hybridized carbons (Fsp3) is 0.565. The van der Waals surface area contributed by atoms with Crippen LogP contribution in [0.3, 0.4) is 0 Å². The molecule has 0 aromatic heterocycles. The molecule has 1 aromatic rings. The van der Waals surface area contributed by atoms with E-state index in [0.29, 0.717) is 37.4 Å². The molecule has 1 unspecified atom stereocenters. The van der Waals surface area contributed by atoms with E-state index in [1.54, 1.807) is 32.8 Å². The number of aliphatic hydroxyl groups excluding tert-OH is 1. The first-order valence-corrected chi connectivity index (χ1v) is 10.6. The largest absolute Gasteiger partial charge is 0.493 e. The summed E-state index contributed by atoms with van der Waals surface area (Å²) in [7, 11) is 1.61. The highest BCUT2D eigenvalue weighted by atomic mass is 16.6. The second kappa shape index (κ2) is 7.75. The molecule has 0 fully saturated rings. The molecule has 0 saturated heterocycles. The molecule has 0 bridgehead atoms. The Morgan fingerprint density at radius 1 is 1.35 bits per heavy atom. The number of carbonyl (C=O) groups is 2. The van der Waals surface area contributed by atoms with Crippen LogP contribution in [0.2, 0.25) is 0 Å². The molecule has 1 spiro atoms. The lowest BCUT2D eigenvalue weighted by Gasteiger charge is -2.35. The monoisotopic (exact) mass is 430 g/mol. The lowest BCUT2D eigenvalue weighted by Crippen LogP contribution is -2.44. The lowest BCUT2D eigenvalue weighted by molar-refractivity contribution is -0.131. The first-order chi connectivity index (χ1) is 14.6. The normalized spacial score (nSPS) is 26.3. The first kappa shape index (κ1) is 21.5. The quantitative estimate of drug-likeness (QED) is 0.714. The van der Waals surface area contributed by atoms with Gasteiger partial charge in [0.2, 0.25) is 5.91 Å². The molecule has 168 valence electrons. The van der Waals surface area contributed by atoms with Gasteiger partial charge in [0.15, 0.2) is 11.5 Å². The van der Waals surface area contributed by atoms with Crippen LogP contribution in [0.15, 0.2) is 24.3 Å². The molecular formula is C23H30N2O6. The number of aliphatic hydroxyl groups is 1. The highest BCUT2D eigenvalue weighted by molar-refractivity contribution is 5.82. The average Bonchev–Trinajstić information content (AvgIpc) is 2.92. The maximum atomic E-state index is 12.9. The molecule has 0 radical (unpaired) electrons. The van der Waals surface area contributed by atoms with E-state index in [-0.39, 0.29) is 18.6 Å². The van der Waals surface area contributed by atoms with Crippen molar-refractivity contribution in [2.75, 3.05) is 20.2 Å². The molecule has 4 rings (SSSR count). The zero-order valence-corrected chi connectivity index (χ0v) is 18.4. The van der Waals surface area contributed by atoms with E-state index in [9.17, 15) is 14.7 Å². The highest BCUT2D eigenvalue weighted by Crippen LogP contribution is 2.55. The number of alkyl carbamates (subject to hydrolysis) is 1. The Kier molecular flexibility index (Phi) is 5.37. The second-order valence-corrected chi connectivity index (χ2v) is 9.36. The topological polar surface area (TPSA) is 97.3 Å². The number of amides is 2. The number of hydrogen-bond donors (Lipinski definition) is 2. The van der Waals surface area contributed by atoms with Gasteiger partial charge in [-0.3, -0.25) is 4.79 Å². The van der Waals surface area contributed by atoms with Gasteiger partial charge in [-0.25, -0.2) is 4.79 Å². The van der Waals surface area contributed by atoms with Crippen molar-refractivity contribution in [2.45, 2.75) is 63.4 Å². The Bertz CT molecular complexity index is 921. The van der Waals surface area contributed by atoms with Gasteiger partial charge in [-0.1, -0.05) is 18.2 Å². The van der Waals surface area contributed by atoms with Crippen molar-refractivity contribution >= 4 is 12.0 Å². The van der Waals surface area contributed by atoms with Crippen molar-refractivity contribution in [1.29, 1.82) is 0 Å². The Morgan fingerprint density at radius 3 is 2.84 bits per heavy atom. The summed E-state index contributed by atoms with van der Waals surface area (Å²) < 4.78 is 17.0. The fourth-order valence-electron chi connectivity index (χ4n) is 4.72. The third kappa shape index (κ3) is 3.96. The van der Waals surface area contributed by atoms with E-state index in [0.717, 1.165) is 11.1 Å². The van der Waals surface area contributed by atoms with Crippen LogP contribution in [0.4, 0.5) is 4.79 Å². The summed E-state index contributed by atoms with van der Waals surface area (Å²) in [6.45, 7) is 6.11. The van der Waals surface area contributed by atoms with Gasteiger partial charge in [0, 0.05) is 25.1 Å². The molecule has 3 atom stereocenters. The highest BCUT2D eigenvalue weighted by Gasteiger charge is 2.53. The SMILES string of the molecule is COc1ccc2c3c1O[C@H]1C[C@@H](O)C=CC31CCN(C(=O)CNC(=O)OC(C)(C)C)C2. The third-order valence-electron chi connectivity index (χ3n) is 6.09. The minimum atomic E-state index is -0.625. The zero-order valence-electron chi connectivity index (χ0n) is 18.4. The molecule has 2 amide bonds. The molecule has 1 aliphatic carbocycles. The van der Waals surface area contributed by atoms with E-state index in [2.05, 4.69) is 5.32 Å². The smallest absolute Gasteiger partial charge is 0.408 e. The van der Waals surface area contributed by atoms with E-state index >= 15 is 0 Å². The van der Waals surface area contributed by atoms with Crippen LogP contribution in [0.5, 0.6) is 11.5 Å². The van der Waals surface area contributed by atoms with E-state index in [1.807, 2.05) is 24.3 Å². The van der Waals surface area contributed by atoms with Crippen molar-refractivity contribution in [3.05, 3.63) is 35.4 Å². The number of nitrogens with zero attached hydrogens (tertiary/aromatic N) is 1. The number of ether oxygens (including phenoxy) is 3. The van der Waals surface area contributed by atoms with Crippen molar-refractivity contribution < 1.29 is 28.9 Å². The lowest BCUT2D eigenvalue weighted by atomic mass is 9.69. The summed E-state index contributed by atoms with van der Waals surface area (Å²) in [5.74, 6) is 1.18. The number of carbonyl (C=O) groups excluding carboxylic acids is 2. The first-order valence-electron chi connectivity index (χ1n) is 10.6. The van der Waals surface area contributed by atoms with Gasteiger partial charge in [-0.05, 0) is 38.8 Å². The standard InChI is InChI=1S/C23H30N2O6/c1-22(2,3)31-21(28)24-12-18(27)25-10-9-23-8-7-15(26)11-17(23)30-20-16(29-4)6-5-14(13-25)19(20)23/h5-8,15,17,26H,9-13H2,1-4H3,(H,24,28)/t15-,17-,23?/m0/s1. The second-order valence-electron chi connectivity index (χ2n) is 9.36. The molecule has 2 N–H and O–H groups in total. The molecule has 31 heavy (non-hydrogen) atoms. The summed E-state index contributed by atoms with van der Waals surface area (Å²) in [5, 5.41) is 12.7. The molecule has 3 aliphatic rings. The van der Waals surface area contributed by atoms with Gasteiger partial charge in [0.05, 0.1) is 18.6 Å². The van der Waals surface area contributed by atoms with Crippen LogP contribution in [0, 0.1) is 0 Å². The zero-order chi connectivity index (χ0) is 22.4. The molecular weight excluding hydrogens is 400 g/mol. The predicted molar refractivity (Wildman–Crippen MR) is 113 cm³/mol. The number of rotatable bonds is 3. The van der Waals surface area contributed by atoms with Gasteiger partial charge in [0.1, 0.15) is 18.2 Å². The van der Waals surface area contributed by atoms with Crippen LogP contribution >= 0.6 is 0 Å². The fourth-order valence-corrected chi connectivity index (χ4v) is 4.72. The Morgan fingerprint density at radius 2 is 2.13 bits per heavy atom. The van der Waals surface area contributed by atoms with E-state index < -0.39 is 23.2 Å². The van der Waals surface area contributed by atoms with Gasteiger partial charge < -0.3 is 29.5 Å². The Labute approximate surface area is 182 Å². The summed E-state index contributed by atoms with van der Waals surface area (Å²) in [6.07, 6.45) is 3.62. The minimum absolute atomic E-state index is 0.130. The van der Waals surface area contributed by atoms with Crippen molar-refractivity contribution in [1.82, 2.24) is 10.2 Å². The van der Waals surface area contributed by atoms with Crippen LogP contribution in [0.1, 0.15) is 44.7 Å². The molecule has 1 aromatic carbocycles. The number of benzene rings is 1. The molecule has 2 heterocycles. The maximum Gasteiger partial charge on any atom is 0.408 e. The van der Waals surface area contributed by atoms with Crippen molar-refractivity contribution in [3.63, 3.8) is 0 Å². The van der Waals surface area contributed by atoms with Crippen LogP contribution in [-0.2, 0) is 21.5 Å². The van der Waals surface area contributed by atoms with Crippen molar-refractivity contribution in [3.8, 4) is 11.5 Å². The van der Waals surface area contributed by atoms with Crippen LogP contribution < -0.4 is 14.8 Å². The van der Waals surface area contributed by atoms with Crippen LogP contribution in [0.25, 0.3) is 0 Å². The van der Waals surface area contributed by atoms with Gasteiger partial charge in [-0.15, -0.1) is 0 Å². The molecule has 0 saturated carbocycles. The number of methoxy groups -OCH3 is 1. The number of hydrogen-bond acceptors (Lipinski definition) is 6. The molecule has 8 nitrogen and oxygen atoms in total. The van der Waals surface area contributed by atoms with Gasteiger partial charge >= 0.3 is 6.09 Å². The Balaban J connectivity index is 1.58. The average molecular weight is 431 g/mol. The number of nitrogens with one attached hydrogen (secondary N) is 1. The summed E-state index contributed by atoms with van der Waals surface area (Å²) in [5.41, 5.74) is 0.991. The van der Waals surface area contributed by atoms with E-state index in [1.165, 1.54) is 0 Å². The predicted octanol–water partition coefficient (Wildman–Crippen LogP) is 2.27. The summed E-state index contributed by atoms with van der Waals surface area (Å²) >= 11 is 0. The molecule has 8 heteroatoms.